The number of halogens is 2. The molecule has 1 aromatic carbocycles. The fraction of sp³-hybridized carbons (Fsp3) is 0. The first-order valence-corrected chi connectivity index (χ1v) is 7.13. The van der Waals surface area contributed by atoms with Gasteiger partial charge in [0.05, 0.1) is 5.69 Å². The number of anilines is 1. The van der Waals surface area contributed by atoms with E-state index in [-0.39, 0.29) is 16.7 Å². The topological polar surface area (TPSA) is 68.3 Å². The molecule has 1 aromatic heterocycles. The monoisotopic (exact) mass is 402 g/mol. The predicted molar refractivity (Wildman–Crippen MR) is 84.4 cm³/mol. The van der Waals surface area contributed by atoms with Gasteiger partial charge in [-0.2, -0.15) is 0 Å². The van der Waals surface area contributed by atoms with Crippen LogP contribution in [0.2, 0.25) is 0 Å². The SMILES string of the molecule is NC(=S)c1ccc(Br)cc1NC(=O)c1ccc(Br)o1. The summed E-state index contributed by atoms with van der Waals surface area (Å²) in [6.45, 7) is 0. The van der Waals surface area contributed by atoms with Crippen LogP contribution in [0.25, 0.3) is 0 Å². The van der Waals surface area contributed by atoms with Crippen LogP contribution in [-0.2, 0) is 0 Å². The van der Waals surface area contributed by atoms with Crippen molar-refractivity contribution in [1.29, 1.82) is 0 Å². The Morgan fingerprint density at radius 3 is 2.58 bits per heavy atom. The number of nitrogens with one attached hydrogen (secondary N) is 1. The number of hydrogen-bond donors (Lipinski definition) is 2. The van der Waals surface area contributed by atoms with Crippen LogP contribution in [0.1, 0.15) is 16.1 Å². The number of furan rings is 1. The molecule has 19 heavy (non-hydrogen) atoms. The van der Waals surface area contributed by atoms with Gasteiger partial charge >= 0.3 is 0 Å². The van der Waals surface area contributed by atoms with E-state index in [1.54, 1.807) is 30.3 Å². The van der Waals surface area contributed by atoms with E-state index in [1.807, 2.05) is 0 Å². The molecule has 0 atom stereocenters. The molecule has 0 bridgehead atoms. The van der Waals surface area contributed by atoms with Crippen molar-refractivity contribution >= 4 is 60.7 Å². The molecule has 7 heteroatoms. The van der Waals surface area contributed by atoms with Gasteiger partial charge in [-0.05, 0) is 46.3 Å². The zero-order valence-electron chi connectivity index (χ0n) is 9.44. The minimum Gasteiger partial charge on any atom is -0.444 e. The molecule has 2 aromatic rings. The summed E-state index contributed by atoms with van der Waals surface area (Å²) in [6, 6.07) is 8.47. The van der Waals surface area contributed by atoms with E-state index >= 15 is 0 Å². The number of hydrogen-bond acceptors (Lipinski definition) is 3. The fourth-order valence-corrected chi connectivity index (χ4v) is 2.30. The van der Waals surface area contributed by atoms with Crippen molar-refractivity contribution < 1.29 is 9.21 Å². The van der Waals surface area contributed by atoms with Crippen LogP contribution in [0, 0.1) is 0 Å². The predicted octanol–water partition coefficient (Wildman–Crippen LogP) is 3.69. The van der Waals surface area contributed by atoms with Crippen molar-refractivity contribution in [1.82, 2.24) is 0 Å². The average Bonchev–Trinajstić information content (AvgIpc) is 2.75. The van der Waals surface area contributed by atoms with Gasteiger partial charge in [-0.3, -0.25) is 4.79 Å². The van der Waals surface area contributed by atoms with E-state index in [1.165, 1.54) is 0 Å². The van der Waals surface area contributed by atoms with Crippen LogP contribution in [0.3, 0.4) is 0 Å². The Labute approximate surface area is 131 Å². The molecule has 0 radical (unpaired) electrons. The van der Waals surface area contributed by atoms with Gasteiger partial charge < -0.3 is 15.5 Å². The van der Waals surface area contributed by atoms with E-state index < -0.39 is 0 Å². The number of nitrogens with two attached hydrogens (primary N) is 1. The highest BCUT2D eigenvalue weighted by molar-refractivity contribution is 9.10. The summed E-state index contributed by atoms with van der Waals surface area (Å²) in [6.07, 6.45) is 0. The second-order valence-corrected chi connectivity index (χ2v) is 5.75. The molecule has 0 saturated heterocycles. The Bertz CT molecular complexity index is 655. The minimum absolute atomic E-state index is 0.195. The van der Waals surface area contributed by atoms with E-state index in [0.717, 1.165) is 4.47 Å². The lowest BCUT2D eigenvalue weighted by atomic mass is 10.1. The van der Waals surface area contributed by atoms with Gasteiger partial charge in [0, 0.05) is 10.0 Å². The summed E-state index contributed by atoms with van der Waals surface area (Å²) >= 11 is 11.4. The van der Waals surface area contributed by atoms with Crippen LogP contribution in [0.4, 0.5) is 5.69 Å². The van der Waals surface area contributed by atoms with Gasteiger partial charge in [0.2, 0.25) is 0 Å². The van der Waals surface area contributed by atoms with Gasteiger partial charge in [0.25, 0.3) is 5.91 Å². The first kappa shape index (κ1) is 14.2. The molecule has 98 valence electrons. The van der Waals surface area contributed by atoms with Crippen LogP contribution < -0.4 is 11.1 Å². The molecule has 0 aliphatic rings. The summed E-state index contributed by atoms with van der Waals surface area (Å²) in [4.78, 5) is 12.2. The molecule has 4 nitrogen and oxygen atoms in total. The maximum absolute atomic E-state index is 12.0. The van der Waals surface area contributed by atoms with Crippen molar-refractivity contribution in [2.75, 3.05) is 5.32 Å². The molecule has 3 N–H and O–H groups in total. The Morgan fingerprint density at radius 1 is 1.26 bits per heavy atom. The van der Waals surface area contributed by atoms with Crippen molar-refractivity contribution in [2.45, 2.75) is 0 Å². The zero-order valence-corrected chi connectivity index (χ0v) is 13.4. The van der Waals surface area contributed by atoms with E-state index in [2.05, 4.69) is 37.2 Å². The maximum atomic E-state index is 12.0. The van der Waals surface area contributed by atoms with Crippen LogP contribution in [0.15, 0.2) is 43.9 Å². The number of carbonyl (C=O) groups is 1. The largest absolute Gasteiger partial charge is 0.444 e. The second-order valence-electron chi connectivity index (χ2n) is 3.61. The lowest BCUT2D eigenvalue weighted by molar-refractivity contribution is 0.0995. The van der Waals surface area contributed by atoms with Crippen molar-refractivity contribution in [3.63, 3.8) is 0 Å². The lowest BCUT2D eigenvalue weighted by Gasteiger charge is -2.09. The van der Waals surface area contributed by atoms with Crippen LogP contribution in [-0.4, -0.2) is 10.9 Å². The smallest absolute Gasteiger partial charge is 0.291 e. The third-order valence-electron chi connectivity index (χ3n) is 2.29. The lowest BCUT2D eigenvalue weighted by Crippen LogP contribution is -2.17. The maximum Gasteiger partial charge on any atom is 0.291 e. The number of rotatable bonds is 3. The van der Waals surface area contributed by atoms with E-state index in [0.29, 0.717) is 15.9 Å². The standard InChI is InChI=1S/C12H8Br2N2O2S/c13-6-1-2-7(11(15)19)8(5-6)16-12(17)9-3-4-10(14)18-9/h1-5H,(H2,15,19)(H,16,17). The van der Waals surface area contributed by atoms with Crippen LogP contribution >= 0.6 is 44.1 Å². The molecule has 0 aliphatic heterocycles. The highest BCUT2D eigenvalue weighted by Gasteiger charge is 2.14. The quantitative estimate of drug-likeness (QED) is 0.766. The second kappa shape index (κ2) is 5.85. The van der Waals surface area contributed by atoms with E-state index in [4.69, 9.17) is 22.4 Å². The molecule has 0 aliphatic carbocycles. The average molecular weight is 404 g/mol. The van der Waals surface area contributed by atoms with Gasteiger partial charge in [0.15, 0.2) is 10.4 Å². The van der Waals surface area contributed by atoms with Gasteiger partial charge in [-0.25, -0.2) is 0 Å². The molecule has 1 heterocycles. The van der Waals surface area contributed by atoms with Crippen molar-refractivity contribution in [3.8, 4) is 0 Å². The molecule has 0 spiro atoms. The van der Waals surface area contributed by atoms with Crippen molar-refractivity contribution in [2.24, 2.45) is 5.73 Å². The number of amides is 1. The zero-order chi connectivity index (χ0) is 14.0. The Kier molecular flexibility index (Phi) is 4.38. The molecule has 0 saturated carbocycles. The Balaban J connectivity index is 2.30. The Morgan fingerprint density at radius 2 is 2.00 bits per heavy atom. The Hall–Kier alpha value is -1.18. The molecule has 0 unspecified atom stereocenters. The van der Waals surface area contributed by atoms with E-state index in [9.17, 15) is 4.79 Å². The summed E-state index contributed by atoms with van der Waals surface area (Å²) in [5.74, 6) is -0.179. The molecule has 1 amide bonds. The van der Waals surface area contributed by atoms with Gasteiger partial charge in [-0.15, -0.1) is 0 Å². The van der Waals surface area contributed by atoms with Crippen molar-refractivity contribution in [3.05, 3.63) is 50.8 Å². The highest BCUT2D eigenvalue weighted by atomic mass is 79.9. The molecule has 2 rings (SSSR count). The third kappa shape index (κ3) is 3.43. The molecular weight excluding hydrogens is 396 g/mol. The third-order valence-corrected chi connectivity index (χ3v) is 3.43. The fourth-order valence-electron chi connectivity index (χ4n) is 1.45. The first-order valence-electron chi connectivity index (χ1n) is 5.13. The number of carbonyl (C=O) groups excluding carboxylic acids is 1. The minimum atomic E-state index is -0.374. The highest BCUT2D eigenvalue weighted by Crippen LogP contribution is 2.23. The summed E-state index contributed by atoms with van der Waals surface area (Å²) < 4.78 is 6.47. The summed E-state index contributed by atoms with van der Waals surface area (Å²) in [7, 11) is 0. The van der Waals surface area contributed by atoms with Gasteiger partial charge in [-0.1, -0.05) is 28.1 Å². The molecular formula is C12H8Br2N2O2S. The van der Waals surface area contributed by atoms with Crippen LogP contribution in [0.5, 0.6) is 0 Å². The summed E-state index contributed by atoms with van der Waals surface area (Å²) in [5, 5.41) is 2.71. The van der Waals surface area contributed by atoms with Gasteiger partial charge in [0.1, 0.15) is 4.99 Å². The number of benzene rings is 1. The number of thiocarbonyl (C=S) groups is 1. The normalized spacial score (nSPS) is 10.2. The molecule has 0 fully saturated rings. The summed E-state index contributed by atoms with van der Waals surface area (Å²) in [5.41, 5.74) is 6.74. The first-order chi connectivity index (χ1) is 8.97.